The molecule has 2 rings (SSSR count). The van der Waals surface area contributed by atoms with E-state index in [1.807, 2.05) is 36.4 Å². The lowest BCUT2D eigenvalue weighted by Gasteiger charge is -2.19. The molecular formula is C15H13BrCl3N. The SMILES string of the molecule is CCC(Nc1ccc(Br)c(Cl)c1)c1ccc(Cl)c(Cl)c1. The summed E-state index contributed by atoms with van der Waals surface area (Å²) in [6.45, 7) is 2.11. The maximum Gasteiger partial charge on any atom is 0.0595 e. The van der Waals surface area contributed by atoms with Gasteiger partial charge in [-0.25, -0.2) is 0 Å². The van der Waals surface area contributed by atoms with Gasteiger partial charge in [-0.1, -0.05) is 47.8 Å². The fourth-order valence-corrected chi connectivity index (χ4v) is 2.67. The molecule has 0 bridgehead atoms. The van der Waals surface area contributed by atoms with Crippen LogP contribution in [-0.4, -0.2) is 0 Å². The van der Waals surface area contributed by atoms with E-state index in [0.29, 0.717) is 15.1 Å². The maximum atomic E-state index is 6.11. The normalized spacial score (nSPS) is 12.2. The van der Waals surface area contributed by atoms with Crippen molar-refractivity contribution in [3.05, 3.63) is 61.5 Å². The van der Waals surface area contributed by atoms with Crippen molar-refractivity contribution in [2.45, 2.75) is 19.4 Å². The predicted molar refractivity (Wildman–Crippen MR) is 92.3 cm³/mol. The molecule has 1 atom stereocenters. The number of halogens is 4. The van der Waals surface area contributed by atoms with Crippen LogP contribution in [0.15, 0.2) is 40.9 Å². The van der Waals surface area contributed by atoms with Crippen LogP contribution in [-0.2, 0) is 0 Å². The van der Waals surface area contributed by atoms with E-state index in [4.69, 9.17) is 34.8 Å². The molecule has 0 radical (unpaired) electrons. The minimum atomic E-state index is 0.155. The Labute approximate surface area is 142 Å². The van der Waals surface area contributed by atoms with E-state index in [2.05, 4.69) is 28.2 Å². The number of anilines is 1. The third-order valence-corrected chi connectivity index (χ3v) is 4.99. The third-order valence-electron chi connectivity index (χ3n) is 3.01. The molecule has 0 spiro atoms. The zero-order valence-corrected chi connectivity index (χ0v) is 14.6. The molecule has 1 unspecified atom stereocenters. The molecule has 2 aromatic rings. The number of benzene rings is 2. The van der Waals surface area contributed by atoms with Gasteiger partial charge in [0.2, 0.25) is 0 Å². The second-order valence-electron chi connectivity index (χ2n) is 4.41. The van der Waals surface area contributed by atoms with Crippen LogP contribution < -0.4 is 5.32 Å². The molecule has 5 heteroatoms. The summed E-state index contributed by atoms with van der Waals surface area (Å²) in [5.41, 5.74) is 2.07. The van der Waals surface area contributed by atoms with Gasteiger partial charge in [0, 0.05) is 10.2 Å². The maximum absolute atomic E-state index is 6.11. The minimum Gasteiger partial charge on any atom is -0.378 e. The largest absolute Gasteiger partial charge is 0.378 e. The predicted octanol–water partition coefficient (Wildman–Crippen LogP) is 6.97. The summed E-state index contributed by atoms with van der Waals surface area (Å²) in [6, 6.07) is 11.6. The lowest BCUT2D eigenvalue weighted by molar-refractivity contribution is 0.749. The Morgan fingerprint density at radius 1 is 1.00 bits per heavy atom. The smallest absolute Gasteiger partial charge is 0.0595 e. The number of hydrogen-bond donors (Lipinski definition) is 1. The zero-order chi connectivity index (χ0) is 14.7. The Morgan fingerprint density at radius 2 is 1.75 bits per heavy atom. The van der Waals surface area contributed by atoms with Gasteiger partial charge in [-0.3, -0.25) is 0 Å². The highest BCUT2D eigenvalue weighted by Crippen LogP contribution is 2.31. The Bertz CT molecular complexity index is 616. The van der Waals surface area contributed by atoms with Crippen molar-refractivity contribution < 1.29 is 0 Å². The molecule has 0 aliphatic rings. The van der Waals surface area contributed by atoms with Crippen molar-refractivity contribution in [2.24, 2.45) is 0 Å². The van der Waals surface area contributed by atoms with E-state index in [0.717, 1.165) is 22.1 Å². The van der Waals surface area contributed by atoms with Crippen LogP contribution >= 0.6 is 50.7 Å². The molecular weight excluding hydrogens is 380 g/mol. The first kappa shape index (κ1) is 16.0. The van der Waals surface area contributed by atoms with Gasteiger partial charge in [0.15, 0.2) is 0 Å². The van der Waals surface area contributed by atoms with Crippen molar-refractivity contribution in [3.8, 4) is 0 Å². The van der Waals surface area contributed by atoms with Crippen LogP contribution in [0.5, 0.6) is 0 Å². The zero-order valence-electron chi connectivity index (χ0n) is 10.8. The number of rotatable bonds is 4. The highest BCUT2D eigenvalue weighted by atomic mass is 79.9. The van der Waals surface area contributed by atoms with E-state index < -0.39 is 0 Å². The van der Waals surface area contributed by atoms with Crippen LogP contribution in [0, 0.1) is 0 Å². The summed E-state index contributed by atoms with van der Waals surface area (Å²) >= 11 is 21.5. The molecule has 0 aliphatic heterocycles. The molecule has 20 heavy (non-hydrogen) atoms. The van der Waals surface area contributed by atoms with Crippen LogP contribution in [0.3, 0.4) is 0 Å². The average molecular weight is 394 g/mol. The van der Waals surface area contributed by atoms with Gasteiger partial charge in [-0.15, -0.1) is 0 Å². The average Bonchev–Trinajstić information content (AvgIpc) is 2.43. The second-order valence-corrected chi connectivity index (χ2v) is 6.48. The lowest BCUT2D eigenvalue weighted by atomic mass is 10.0. The van der Waals surface area contributed by atoms with E-state index in [1.54, 1.807) is 0 Å². The van der Waals surface area contributed by atoms with Crippen LogP contribution in [0.4, 0.5) is 5.69 Å². The first-order chi connectivity index (χ1) is 9.51. The van der Waals surface area contributed by atoms with Crippen LogP contribution in [0.25, 0.3) is 0 Å². The van der Waals surface area contributed by atoms with E-state index in [9.17, 15) is 0 Å². The van der Waals surface area contributed by atoms with Crippen molar-refractivity contribution in [1.29, 1.82) is 0 Å². The second kappa shape index (κ2) is 7.04. The molecule has 106 valence electrons. The Kier molecular flexibility index (Phi) is 5.62. The number of nitrogens with one attached hydrogen (secondary N) is 1. The first-order valence-electron chi connectivity index (χ1n) is 6.17. The highest BCUT2D eigenvalue weighted by molar-refractivity contribution is 9.10. The molecule has 0 fully saturated rings. The van der Waals surface area contributed by atoms with Crippen LogP contribution in [0.1, 0.15) is 24.9 Å². The van der Waals surface area contributed by atoms with Crippen LogP contribution in [0.2, 0.25) is 15.1 Å². The monoisotopic (exact) mass is 391 g/mol. The Morgan fingerprint density at radius 3 is 2.35 bits per heavy atom. The van der Waals surface area contributed by atoms with E-state index in [1.165, 1.54) is 0 Å². The molecule has 1 nitrogen and oxygen atoms in total. The molecule has 0 aliphatic carbocycles. The third kappa shape index (κ3) is 3.82. The van der Waals surface area contributed by atoms with Crippen molar-refractivity contribution >= 4 is 56.4 Å². The summed E-state index contributed by atoms with van der Waals surface area (Å²) in [6.07, 6.45) is 0.922. The first-order valence-corrected chi connectivity index (χ1v) is 8.10. The van der Waals surface area contributed by atoms with Gasteiger partial charge in [0.1, 0.15) is 0 Å². The summed E-state index contributed by atoms with van der Waals surface area (Å²) in [4.78, 5) is 0. The minimum absolute atomic E-state index is 0.155. The van der Waals surface area contributed by atoms with Gasteiger partial charge in [0.05, 0.1) is 21.1 Å². The van der Waals surface area contributed by atoms with E-state index in [-0.39, 0.29) is 6.04 Å². The lowest BCUT2D eigenvalue weighted by Crippen LogP contribution is -2.09. The molecule has 0 saturated heterocycles. The van der Waals surface area contributed by atoms with Crippen molar-refractivity contribution in [2.75, 3.05) is 5.32 Å². The topological polar surface area (TPSA) is 12.0 Å². The van der Waals surface area contributed by atoms with Gasteiger partial charge in [-0.05, 0) is 58.2 Å². The van der Waals surface area contributed by atoms with Crippen molar-refractivity contribution in [1.82, 2.24) is 0 Å². The summed E-state index contributed by atoms with van der Waals surface area (Å²) < 4.78 is 0.882. The standard InChI is InChI=1S/C15H13BrCl3N/c1-2-15(9-3-6-12(17)14(19)7-9)20-10-4-5-11(16)13(18)8-10/h3-8,15,20H,2H2,1H3. The summed E-state index contributed by atoms with van der Waals surface area (Å²) in [7, 11) is 0. The fourth-order valence-electron chi connectivity index (χ4n) is 1.94. The van der Waals surface area contributed by atoms with Crippen molar-refractivity contribution in [3.63, 3.8) is 0 Å². The summed E-state index contributed by atoms with van der Waals surface area (Å²) in [5, 5.41) is 5.27. The molecule has 2 aromatic carbocycles. The molecule has 0 amide bonds. The van der Waals surface area contributed by atoms with Gasteiger partial charge in [0.25, 0.3) is 0 Å². The van der Waals surface area contributed by atoms with Gasteiger partial charge < -0.3 is 5.32 Å². The highest BCUT2D eigenvalue weighted by Gasteiger charge is 2.11. The number of hydrogen-bond acceptors (Lipinski definition) is 1. The molecule has 0 saturated carbocycles. The molecule has 1 N–H and O–H groups in total. The fraction of sp³-hybridized carbons (Fsp3) is 0.200. The molecule has 0 heterocycles. The van der Waals surface area contributed by atoms with Gasteiger partial charge >= 0.3 is 0 Å². The Hall–Kier alpha value is -0.410. The summed E-state index contributed by atoms with van der Waals surface area (Å²) in [5.74, 6) is 0. The quantitative estimate of drug-likeness (QED) is 0.591. The van der Waals surface area contributed by atoms with Gasteiger partial charge in [-0.2, -0.15) is 0 Å². The van der Waals surface area contributed by atoms with E-state index >= 15 is 0 Å². The molecule has 0 aromatic heterocycles. The Balaban J connectivity index is 2.23.